The lowest BCUT2D eigenvalue weighted by molar-refractivity contribution is 0.0697. The van der Waals surface area contributed by atoms with E-state index in [1.807, 2.05) is 0 Å². The van der Waals surface area contributed by atoms with Crippen molar-refractivity contribution in [3.8, 4) is 0 Å². The lowest BCUT2D eigenvalue weighted by Crippen LogP contribution is -2.23. The molecule has 0 saturated heterocycles. The topological polar surface area (TPSA) is 83.5 Å². The van der Waals surface area contributed by atoms with Crippen LogP contribution in [0.5, 0.6) is 0 Å². The first-order valence-electron chi connectivity index (χ1n) is 4.29. The summed E-state index contributed by atoms with van der Waals surface area (Å²) in [4.78, 5) is 10.5. The SMILES string of the molecule is CC(O)C(N)c1ccc(C(=O)O)cc1. The molecule has 1 aromatic carbocycles. The van der Waals surface area contributed by atoms with Crippen molar-refractivity contribution in [3.05, 3.63) is 35.4 Å². The maximum absolute atomic E-state index is 10.5. The smallest absolute Gasteiger partial charge is 0.335 e. The largest absolute Gasteiger partial charge is 0.478 e. The Balaban J connectivity index is 2.88. The lowest BCUT2D eigenvalue weighted by atomic mass is 10.0. The van der Waals surface area contributed by atoms with Gasteiger partial charge in [-0.3, -0.25) is 0 Å². The normalized spacial score (nSPS) is 14.8. The summed E-state index contributed by atoms with van der Waals surface area (Å²) in [5.41, 5.74) is 6.61. The van der Waals surface area contributed by atoms with Crippen molar-refractivity contribution in [2.75, 3.05) is 0 Å². The number of carboxylic acids is 1. The van der Waals surface area contributed by atoms with Crippen LogP contribution in [0, 0.1) is 0 Å². The molecule has 0 amide bonds. The molecule has 4 heteroatoms. The molecule has 0 radical (unpaired) electrons. The number of carbonyl (C=O) groups is 1. The molecule has 1 rings (SSSR count). The number of nitrogens with two attached hydrogens (primary N) is 1. The van der Waals surface area contributed by atoms with Crippen molar-refractivity contribution >= 4 is 5.97 Å². The van der Waals surface area contributed by atoms with Crippen molar-refractivity contribution < 1.29 is 15.0 Å². The van der Waals surface area contributed by atoms with Gasteiger partial charge in [0.15, 0.2) is 0 Å². The fraction of sp³-hybridized carbons (Fsp3) is 0.300. The predicted octanol–water partition coefficient (Wildman–Crippen LogP) is 0.765. The Morgan fingerprint density at radius 3 is 2.21 bits per heavy atom. The van der Waals surface area contributed by atoms with Gasteiger partial charge < -0.3 is 15.9 Å². The molecule has 14 heavy (non-hydrogen) atoms. The van der Waals surface area contributed by atoms with Crippen LogP contribution in [-0.4, -0.2) is 22.3 Å². The van der Waals surface area contributed by atoms with Gasteiger partial charge in [0.25, 0.3) is 0 Å². The zero-order valence-corrected chi connectivity index (χ0v) is 7.84. The minimum absolute atomic E-state index is 0.214. The van der Waals surface area contributed by atoms with E-state index in [2.05, 4.69) is 0 Å². The van der Waals surface area contributed by atoms with Crippen molar-refractivity contribution in [2.24, 2.45) is 5.73 Å². The molecule has 0 aliphatic carbocycles. The highest BCUT2D eigenvalue weighted by Gasteiger charge is 2.12. The molecule has 0 aromatic heterocycles. The van der Waals surface area contributed by atoms with Crippen LogP contribution in [0.4, 0.5) is 0 Å². The van der Waals surface area contributed by atoms with Crippen LogP contribution < -0.4 is 5.73 Å². The number of benzene rings is 1. The molecule has 2 unspecified atom stereocenters. The third-order valence-electron chi connectivity index (χ3n) is 2.06. The summed E-state index contributed by atoms with van der Waals surface area (Å²) in [6, 6.07) is 5.69. The molecule has 1 aromatic rings. The van der Waals surface area contributed by atoms with Crippen LogP contribution >= 0.6 is 0 Å². The summed E-state index contributed by atoms with van der Waals surface area (Å²) in [6.07, 6.45) is -0.648. The Morgan fingerprint density at radius 1 is 1.36 bits per heavy atom. The second-order valence-corrected chi connectivity index (χ2v) is 3.19. The Morgan fingerprint density at radius 2 is 1.86 bits per heavy atom. The van der Waals surface area contributed by atoms with Gasteiger partial charge in [-0.15, -0.1) is 0 Å². The Kier molecular flexibility index (Phi) is 3.22. The van der Waals surface area contributed by atoms with Crippen LogP contribution in [-0.2, 0) is 0 Å². The first-order chi connectivity index (χ1) is 6.52. The van der Waals surface area contributed by atoms with Gasteiger partial charge in [-0.2, -0.15) is 0 Å². The van der Waals surface area contributed by atoms with E-state index >= 15 is 0 Å². The van der Waals surface area contributed by atoms with Gasteiger partial charge in [0.05, 0.1) is 17.7 Å². The van der Waals surface area contributed by atoms with Crippen LogP contribution in [0.2, 0.25) is 0 Å². The number of aromatic carboxylic acids is 1. The van der Waals surface area contributed by atoms with Gasteiger partial charge in [-0.1, -0.05) is 12.1 Å². The van der Waals surface area contributed by atoms with Crippen molar-refractivity contribution in [1.29, 1.82) is 0 Å². The Bertz CT molecular complexity index is 319. The molecule has 4 N–H and O–H groups in total. The third kappa shape index (κ3) is 2.31. The van der Waals surface area contributed by atoms with Crippen molar-refractivity contribution in [3.63, 3.8) is 0 Å². The van der Waals surface area contributed by atoms with E-state index < -0.39 is 18.1 Å². The van der Waals surface area contributed by atoms with Gasteiger partial charge in [-0.25, -0.2) is 4.79 Å². The second-order valence-electron chi connectivity index (χ2n) is 3.19. The van der Waals surface area contributed by atoms with Gasteiger partial charge in [0.2, 0.25) is 0 Å². The maximum atomic E-state index is 10.5. The summed E-state index contributed by atoms with van der Waals surface area (Å²) in [5, 5.41) is 17.9. The highest BCUT2D eigenvalue weighted by molar-refractivity contribution is 5.87. The zero-order chi connectivity index (χ0) is 10.7. The average molecular weight is 195 g/mol. The van der Waals surface area contributed by atoms with Gasteiger partial charge in [-0.05, 0) is 24.6 Å². The zero-order valence-electron chi connectivity index (χ0n) is 7.84. The quantitative estimate of drug-likeness (QED) is 0.665. The summed E-state index contributed by atoms with van der Waals surface area (Å²) < 4.78 is 0. The lowest BCUT2D eigenvalue weighted by Gasteiger charge is -2.14. The van der Waals surface area contributed by atoms with E-state index in [1.165, 1.54) is 12.1 Å². The number of rotatable bonds is 3. The monoisotopic (exact) mass is 195 g/mol. The molecule has 76 valence electrons. The number of aliphatic hydroxyl groups is 1. The highest BCUT2D eigenvalue weighted by Crippen LogP contribution is 2.14. The van der Waals surface area contributed by atoms with Crippen LogP contribution in [0.1, 0.15) is 28.9 Å². The van der Waals surface area contributed by atoms with Crippen LogP contribution in [0.15, 0.2) is 24.3 Å². The van der Waals surface area contributed by atoms with E-state index in [-0.39, 0.29) is 5.56 Å². The number of aliphatic hydroxyl groups excluding tert-OH is 1. The number of carboxylic acid groups (broad SMARTS) is 1. The van der Waals surface area contributed by atoms with Crippen molar-refractivity contribution in [2.45, 2.75) is 19.1 Å². The molecule has 0 aliphatic rings. The van der Waals surface area contributed by atoms with E-state index in [0.717, 1.165) is 5.56 Å². The van der Waals surface area contributed by atoms with Gasteiger partial charge >= 0.3 is 5.97 Å². The number of hydrogen-bond acceptors (Lipinski definition) is 3. The first-order valence-corrected chi connectivity index (χ1v) is 4.29. The molecule has 4 nitrogen and oxygen atoms in total. The molecule has 0 heterocycles. The summed E-state index contributed by atoms with van der Waals surface area (Å²) in [6.45, 7) is 1.59. The molecule has 0 fully saturated rings. The molecule has 0 aliphatic heterocycles. The fourth-order valence-electron chi connectivity index (χ4n) is 1.13. The molecule has 0 spiro atoms. The van der Waals surface area contributed by atoms with E-state index in [4.69, 9.17) is 10.8 Å². The highest BCUT2D eigenvalue weighted by atomic mass is 16.4. The standard InChI is InChI=1S/C10H13NO3/c1-6(12)9(11)7-2-4-8(5-3-7)10(13)14/h2-6,9,12H,11H2,1H3,(H,13,14). The van der Waals surface area contributed by atoms with Crippen molar-refractivity contribution in [1.82, 2.24) is 0 Å². The summed E-state index contributed by atoms with van der Waals surface area (Å²) in [7, 11) is 0. The fourth-order valence-corrected chi connectivity index (χ4v) is 1.13. The minimum Gasteiger partial charge on any atom is -0.478 e. The van der Waals surface area contributed by atoms with Gasteiger partial charge in [0, 0.05) is 0 Å². The predicted molar refractivity (Wildman–Crippen MR) is 52.0 cm³/mol. The second kappa shape index (κ2) is 4.21. The minimum atomic E-state index is -0.970. The van der Waals surface area contributed by atoms with Crippen LogP contribution in [0.3, 0.4) is 0 Å². The third-order valence-corrected chi connectivity index (χ3v) is 2.06. The van der Waals surface area contributed by atoms with Gasteiger partial charge in [0.1, 0.15) is 0 Å². The van der Waals surface area contributed by atoms with E-state index in [1.54, 1.807) is 19.1 Å². The molecular weight excluding hydrogens is 182 g/mol. The number of hydrogen-bond donors (Lipinski definition) is 3. The molecule has 0 saturated carbocycles. The average Bonchev–Trinajstić information content (AvgIpc) is 2.16. The summed E-state index contributed by atoms with van der Waals surface area (Å²) in [5.74, 6) is -0.970. The van der Waals surface area contributed by atoms with Crippen LogP contribution in [0.25, 0.3) is 0 Å². The molecular formula is C10H13NO3. The Hall–Kier alpha value is -1.39. The molecule has 0 bridgehead atoms. The first kappa shape index (κ1) is 10.7. The molecule has 2 atom stereocenters. The van der Waals surface area contributed by atoms with E-state index in [0.29, 0.717) is 0 Å². The maximum Gasteiger partial charge on any atom is 0.335 e. The van der Waals surface area contributed by atoms with E-state index in [9.17, 15) is 9.90 Å². The Labute approximate surface area is 82.0 Å². The summed E-state index contributed by atoms with van der Waals surface area (Å²) >= 11 is 0.